The third-order valence-electron chi connectivity index (χ3n) is 4.33. The molecule has 0 amide bonds. The maximum atomic E-state index is 12.2. The zero-order chi connectivity index (χ0) is 14.8. The van der Waals surface area contributed by atoms with E-state index in [1.54, 1.807) is 12.1 Å². The lowest BCUT2D eigenvalue weighted by atomic mass is 9.67. The molecule has 0 saturated heterocycles. The second-order valence-corrected chi connectivity index (χ2v) is 6.64. The van der Waals surface area contributed by atoms with Crippen molar-refractivity contribution in [1.29, 1.82) is 0 Å². The SMILES string of the molecule is CC(C)(C)C1CCC(=O)C(c2ccc(N=[N+]=[N-])cc2)C1. The van der Waals surface area contributed by atoms with E-state index < -0.39 is 0 Å². The minimum atomic E-state index is -0.00640. The summed E-state index contributed by atoms with van der Waals surface area (Å²) >= 11 is 0. The summed E-state index contributed by atoms with van der Waals surface area (Å²) in [5.74, 6) is 0.900. The number of carbonyl (C=O) groups is 1. The number of ketones is 1. The van der Waals surface area contributed by atoms with Crippen molar-refractivity contribution in [3.63, 3.8) is 0 Å². The molecule has 20 heavy (non-hydrogen) atoms. The molecule has 1 aliphatic rings. The first-order valence-electron chi connectivity index (χ1n) is 7.09. The Hall–Kier alpha value is -1.80. The smallest absolute Gasteiger partial charge is 0.140 e. The highest BCUT2D eigenvalue weighted by Crippen LogP contribution is 2.42. The van der Waals surface area contributed by atoms with E-state index in [1.807, 2.05) is 12.1 Å². The van der Waals surface area contributed by atoms with Crippen molar-refractivity contribution in [2.24, 2.45) is 16.4 Å². The molecular formula is C16H21N3O. The van der Waals surface area contributed by atoms with Crippen molar-refractivity contribution < 1.29 is 4.79 Å². The maximum absolute atomic E-state index is 12.2. The highest BCUT2D eigenvalue weighted by molar-refractivity contribution is 5.86. The summed E-state index contributed by atoms with van der Waals surface area (Å²) in [6.45, 7) is 6.74. The molecule has 0 bridgehead atoms. The van der Waals surface area contributed by atoms with E-state index in [0.29, 0.717) is 23.8 Å². The Labute approximate surface area is 119 Å². The molecule has 2 atom stereocenters. The van der Waals surface area contributed by atoms with Gasteiger partial charge in [-0.05, 0) is 35.3 Å². The first kappa shape index (κ1) is 14.6. The molecule has 4 heteroatoms. The number of hydrogen-bond donors (Lipinski definition) is 0. The Balaban J connectivity index is 2.21. The van der Waals surface area contributed by atoms with E-state index in [9.17, 15) is 4.79 Å². The molecule has 0 aliphatic heterocycles. The second kappa shape index (κ2) is 5.68. The number of azide groups is 1. The Morgan fingerprint density at radius 3 is 2.45 bits per heavy atom. The summed E-state index contributed by atoms with van der Waals surface area (Å²) in [5.41, 5.74) is 10.3. The number of nitrogens with zero attached hydrogens (tertiary/aromatic N) is 3. The predicted molar refractivity (Wildman–Crippen MR) is 79.8 cm³/mol. The average Bonchev–Trinajstić information content (AvgIpc) is 2.39. The summed E-state index contributed by atoms with van der Waals surface area (Å²) in [4.78, 5) is 15.0. The minimum Gasteiger partial charge on any atom is -0.299 e. The van der Waals surface area contributed by atoms with Gasteiger partial charge in [0.25, 0.3) is 0 Å². The van der Waals surface area contributed by atoms with E-state index in [4.69, 9.17) is 5.53 Å². The van der Waals surface area contributed by atoms with Gasteiger partial charge in [-0.2, -0.15) is 0 Å². The predicted octanol–water partition coefficient (Wildman–Crippen LogP) is 5.13. The highest BCUT2D eigenvalue weighted by atomic mass is 16.1. The summed E-state index contributed by atoms with van der Waals surface area (Å²) in [5, 5.41) is 3.56. The van der Waals surface area contributed by atoms with Crippen LogP contribution in [0.3, 0.4) is 0 Å². The Bertz CT molecular complexity index is 536. The van der Waals surface area contributed by atoms with Crippen molar-refractivity contribution in [3.8, 4) is 0 Å². The van der Waals surface area contributed by atoms with E-state index in [0.717, 1.165) is 18.4 Å². The molecule has 0 heterocycles. The molecule has 0 spiro atoms. The first-order valence-corrected chi connectivity index (χ1v) is 7.09. The molecule has 2 rings (SSSR count). The largest absolute Gasteiger partial charge is 0.299 e. The van der Waals surface area contributed by atoms with Gasteiger partial charge in [-0.15, -0.1) is 0 Å². The Morgan fingerprint density at radius 2 is 1.90 bits per heavy atom. The second-order valence-electron chi connectivity index (χ2n) is 6.64. The fraction of sp³-hybridized carbons (Fsp3) is 0.562. The monoisotopic (exact) mass is 271 g/mol. The molecule has 0 N–H and O–H groups in total. The van der Waals surface area contributed by atoms with Gasteiger partial charge in [-0.1, -0.05) is 50.2 Å². The minimum absolute atomic E-state index is 0.00640. The Kier molecular flexibility index (Phi) is 4.15. The summed E-state index contributed by atoms with van der Waals surface area (Å²) in [7, 11) is 0. The van der Waals surface area contributed by atoms with Gasteiger partial charge in [-0.25, -0.2) is 0 Å². The molecule has 4 nitrogen and oxygen atoms in total. The fourth-order valence-electron chi connectivity index (χ4n) is 2.96. The van der Waals surface area contributed by atoms with Crippen LogP contribution in [0.15, 0.2) is 29.4 Å². The number of hydrogen-bond acceptors (Lipinski definition) is 2. The van der Waals surface area contributed by atoms with Gasteiger partial charge in [0.05, 0.1) is 0 Å². The molecule has 0 radical (unpaired) electrons. The van der Waals surface area contributed by atoms with Crippen LogP contribution in [0.1, 0.15) is 51.5 Å². The van der Waals surface area contributed by atoms with Gasteiger partial charge in [0, 0.05) is 22.9 Å². The van der Waals surface area contributed by atoms with Crippen LogP contribution < -0.4 is 0 Å². The van der Waals surface area contributed by atoms with E-state index in [2.05, 4.69) is 30.8 Å². The number of carbonyl (C=O) groups excluding carboxylic acids is 1. The van der Waals surface area contributed by atoms with Crippen LogP contribution in [-0.2, 0) is 4.79 Å². The molecule has 1 aromatic carbocycles. The van der Waals surface area contributed by atoms with Gasteiger partial charge in [0.15, 0.2) is 0 Å². The van der Waals surface area contributed by atoms with Crippen LogP contribution >= 0.6 is 0 Å². The number of Topliss-reactive ketones (excluding diaryl/α,β-unsaturated/α-hetero) is 1. The molecule has 106 valence electrons. The standard InChI is InChI=1S/C16H21N3O/c1-16(2,3)12-6-9-15(20)14(10-12)11-4-7-13(8-5-11)18-19-17/h4-5,7-8,12,14H,6,9-10H2,1-3H3. The number of rotatable bonds is 2. The topological polar surface area (TPSA) is 65.8 Å². The van der Waals surface area contributed by atoms with E-state index >= 15 is 0 Å². The van der Waals surface area contributed by atoms with Crippen LogP contribution in [0.5, 0.6) is 0 Å². The quantitative estimate of drug-likeness (QED) is 0.418. The van der Waals surface area contributed by atoms with Crippen molar-refractivity contribution in [3.05, 3.63) is 40.3 Å². The maximum Gasteiger partial charge on any atom is 0.140 e. The van der Waals surface area contributed by atoms with Crippen LogP contribution in [0.4, 0.5) is 5.69 Å². The molecular weight excluding hydrogens is 250 g/mol. The van der Waals surface area contributed by atoms with Gasteiger partial charge in [0.1, 0.15) is 5.78 Å². The third kappa shape index (κ3) is 3.20. The lowest BCUT2D eigenvalue weighted by Crippen LogP contribution is -2.30. The third-order valence-corrected chi connectivity index (χ3v) is 4.33. The van der Waals surface area contributed by atoms with Crippen molar-refractivity contribution in [2.45, 2.75) is 46.0 Å². The lowest BCUT2D eigenvalue weighted by molar-refractivity contribution is -0.123. The molecule has 1 saturated carbocycles. The summed E-state index contributed by atoms with van der Waals surface area (Å²) in [6.07, 6.45) is 2.59. The van der Waals surface area contributed by atoms with Gasteiger partial charge in [-0.3, -0.25) is 4.79 Å². The molecule has 1 aliphatic carbocycles. The van der Waals surface area contributed by atoms with Crippen LogP contribution in [-0.4, -0.2) is 5.78 Å². The zero-order valence-electron chi connectivity index (χ0n) is 12.3. The normalized spacial score (nSPS) is 23.2. The van der Waals surface area contributed by atoms with Gasteiger partial charge in [0.2, 0.25) is 0 Å². The van der Waals surface area contributed by atoms with Crippen molar-refractivity contribution in [1.82, 2.24) is 0 Å². The van der Waals surface area contributed by atoms with E-state index in [1.165, 1.54) is 0 Å². The first-order chi connectivity index (χ1) is 9.41. The fourth-order valence-corrected chi connectivity index (χ4v) is 2.96. The average molecular weight is 271 g/mol. The van der Waals surface area contributed by atoms with Crippen LogP contribution in [0.25, 0.3) is 10.4 Å². The van der Waals surface area contributed by atoms with Crippen molar-refractivity contribution >= 4 is 11.5 Å². The van der Waals surface area contributed by atoms with Gasteiger partial charge < -0.3 is 0 Å². The molecule has 2 unspecified atom stereocenters. The summed E-state index contributed by atoms with van der Waals surface area (Å²) < 4.78 is 0. The zero-order valence-corrected chi connectivity index (χ0v) is 12.3. The molecule has 0 aromatic heterocycles. The molecule has 1 aromatic rings. The Morgan fingerprint density at radius 1 is 1.25 bits per heavy atom. The van der Waals surface area contributed by atoms with Crippen LogP contribution in [0, 0.1) is 11.3 Å². The summed E-state index contributed by atoms with van der Waals surface area (Å²) in [6, 6.07) is 7.39. The molecule has 1 fully saturated rings. The number of benzene rings is 1. The lowest BCUT2D eigenvalue weighted by Gasteiger charge is -2.37. The highest BCUT2D eigenvalue weighted by Gasteiger charge is 2.35. The van der Waals surface area contributed by atoms with E-state index in [-0.39, 0.29) is 11.3 Å². The van der Waals surface area contributed by atoms with Crippen LogP contribution in [0.2, 0.25) is 0 Å². The van der Waals surface area contributed by atoms with Gasteiger partial charge >= 0.3 is 0 Å². The van der Waals surface area contributed by atoms with Crippen molar-refractivity contribution in [2.75, 3.05) is 0 Å².